The second-order valence-corrected chi connectivity index (χ2v) is 4.94. The summed E-state index contributed by atoms with van der Waals surface area (Å²) in [6.45, 7) is 1.73. The van der Waals surface area contributed by atoms with Crippen molar-refractivity contribution in [3.05, 3.63) is 54.1 Å². The Morgan fingerprint density at radius 3 is 2.62 bits per heavy atom. The highest BCUT2D eigenvalue weighted by Crippen LogP contribution is 2.33. The van der Waals surface area contributed by atoms with Crippen LogP contribution < -0.4 is 5.73 Å². The van der Waals surface area contributed by atoms with Gasteiger partial charge in [0.05, 0.1) is 5.92 Å². The molecule has 0 aliphatic carbocycles. The predicted octanol–water partition coefficient (Wildman–Crippen LogP) is 3.02. The van der Waals surface area contributed by atoms with Crippen molar-refractivity contribution in [3.8, 4) is 11.3 Å². The molecule has 106 valence electrons. The van der Waals surface area contributed by atoms with Crippen LogP contribution in [-0.2, 0) is 4.79 Å². The average Bonchev–Trinajstić information content (AvgIpc) is 2.84. The Balaban J connectivity index is 2.27. The van der Waals surface area contributed by atoms with Crippen LogP contribution in [-0.4, -0.2) is 15.9 Å². The van der Waals surface area contributed by atoms with Crippen molar-refractivity contribution in [1.29, 1.82) is 0 Å². The zero-order valence-corrected chi connectivity index (χ0v) is 11.5. The van der Waals surface area contributed by atoms with Gasteiger partial charge < -0.3 is 5.73 Å². The van der Waals surface area contributed by atoms with Gasteiger partial charge in [-0.3, -0.25) is 4.79 Å². The molecule has 0 aliphatic rings. The van der Waals surface area contributed by atoms with E-state index in [1.54, 1.807) is 25.1 Å². The second kappa shape index (κ2) is 5.01. The number of rotatable bonds is 3. The van der Waals surface area contributed by atoms with Gasteiger partial charge >= 0.3 is 0 Å². The van der Waals surface area contributed by atoms with Gasteiger partial charge in [0.15, 0.2) is 0 Å². The summed E-state index contributed by atoms with van der Waals surface area (Å²) in [5.41, 5.74) is 7.77. The summed E-state index contributed by atoms with van der Waals surface area (Å²) in [6.07, 6.45) is 0. The Morgan fingerprint density at radius 2 is 1.86 bits per heavy atom. The van der Waals surface area contributed by atoms with Crippen LogP contribution in [0.4, 0.5) is 4.48 Å². The Hall–Kier alpha value is -2.69. The number of fused-ring (bicyclic) bond motifs is 1. The van der Waals surface area contributed by atoms with Crippen LogP contribution in [0.25, 0.3) is 22.2 Å². The third-order valence-corrected chi connectivity index (χ3v) is 3.65. The Morgan fingerprint density at radius 1 is 1.19 bits per heavy atom. The molecule has 21 heavy (non-hydrogen) atoms. The molecule has 0 fully saturated rings. The lowest BCUT2D eigenvalue weighted by Crippen LogP contribution is -2.19. The summed E-state index contributed by atoms with van der Waals surface area (Å²) in [5.74, 6) is -0.892. The molecular formula is C16H14FN3O. The van der Waals surface area contributed by atoms with Gasteiger partial charge in [0.25, 0.3) is 0 Å². The summed E-state index contributed by atoms with van der Waals surface area (Å²) >= 11 is 0. The Labute approximate surface area is 120 Å². The number of benzene rings is 2. The minimum absolute atomic E-state index is 0.358. The van der Waals surface area contributed by atoms with Gasteiger partial charge in [-0.25, -0.2) is 0 Å². The van der Waals surface area contributed by atoms with Crippen molar-refractivity contribution in [2.24, 2.45) is 5.73 Å². The molecule has 2 aromatic carbocycles. The van der Waals surface area contributed by atoms with E-state index >= 15 is 0 Å². The SMILES string of the molecule is CC(C(N)=O)c1ccccc1-c1nn(F)c2ccccc12. The molecule has 3 aromatic rings. The number of nitrogens with zero attached hydrogens (tertiary/aromatic N) is 2. The molecule has 5 heteroatoms. The van der Waals surface area contributed by atoms with E-state index in [2.05, 4.69) is 5.10 Å². The van der Waals surface area contributed by atoms with E-state index in [4.69, 9.17) is 5.73 Å². The number of hydrogen-bond donors (Lipinski definition) is 1. The minimum atomic E-state index is -0.468. The molecule has 2 N–H and O–H groups in total. The van der Waals surface area contributed by atoms with Crippen molar-refractivity contribution in [2.45, 2.75) is 12.8 Å². The third kappa shape index (κ3) is 2.16. The molecule has 1 amide bonds. The number of primary amides is 1. The number of halogens is 1. The molecule has 1 atom stereocenters. The van der Waals surface area contributed by atoms with Gasteiger partial charge in [-0.15, -0.1) is 5.10 Å². The Kier molecular flexibility index (Phi) is 3.17. The quantitative estimate of drug-likeness (QED) is 0.803. The molecule has 3 rings (SSSR count). The molecule has 0 spiro atoms. The number of nitrogens with two attached hydrogens (primary N) is 1. The van der Waals surface area contributed by atoms with Crippen molar-refractivity contribution >= 4 is 16.8 Å². The predicted molar refractivity (Wildman–Crippen MR) is 79.3 cm³/mol. The highest BCUT2D eigenvalue weighted by molar-refractivity contribution is 5.95. The number of amides is 1. The summed E-state index contributed by atoms with van der Waals surface area (Å²) in [7, 11) is 0. The largest absolute Gasteiger partial charge is 0.369 e. The van der Waals surface area contributed by atoms with Crippen LogP contribution in [0.2, 0.25) is 0 Å². The monoisotopic (exact) mass is 283 g/mol. The smallest absolute Gasteiger partial charge is 0.224 e. The van der Waals surface area contributed by atoms with Crippen LogP contribution in [0, 0.1) is 0 Å². The maximum absolute atomic E-state index is 13.9. The normalized spacial score (nSPS) is 12.5. The summed E-state index contributed by atoms with van der Waals surface area (Å²) < 4.78 is 13.9. The zero-order chi connectivity index (χ0) is 15.0. The zero-order valence-electron chi connectivity index (χ0n) is 11.5. The number of aromatic nitrogens is 2. The van der Waals surface area contributed by atoms with E-state index in [-0.39, 0.29) is 0 Å². The lowest BCUT2D eigenvalue weighted by Gasteiger charge is -2.12. The van der Waals surface area contributed by atoms with E-state index in [1.165, 1.54) is 0 Å². The van der Waals surface area contributed by atoms with E-state index in [9.17, 15) is 9.28 Å². The van der Waals surface area contributed by atoms with Crippen LogP contribution >= 0.6 is 0 Å². The average molecular weight is 283 g/mol. The van der Waals surface area contributed by atoms with Crippen molar-refractivity contribution in [1.82, 2.24) is 10.0 Å². The highest BCUT2D eigenvalue weighted by atomic mass is 19.2. The highest BCUT2D eigenvalue weighted by Gasteiger charge is 2.20. The minimum Gasteiger partial charge on any atom is -0.369 e. The van der Waals surface area contributed by atoms with E-state index in [0.717, 1.165) is 11.1 Å². The van der Waals surface area contributed by atoms with Crippen molar-refractivity contribution < 1.29 is 9.28 Å². The first-order chi connectivity index (χ1) is 10.1. The maximum atomic E-state index is 13.9. The van der Waals surface area contributed by atoms with Crippen LogP contribution in [0.3, 0.4) is 0 Å². The van der Waals surface area contributed by atoms with E-state index in [0.29, 0.717) is 21.5 Å². The molecule has 0 radical (unpaired) electrons. The van der Waals surface area contributed by atoms with E-state index in [1.807, 2.05) is 30.3 Å². The lowest BCUT2D eigenvalue weighted by atomic mass is 9.92. The number of para-hydroxylation sites is 1. The number of carbonyl (C=O) groups is 1. The fourth-order valence-electron chi connectivity index (χ4n) is 2.47. The van der Waals surface area contributed by atoms with Gasteiger partial charge in [-0.1, -0.05) is 51.8 Å². The first-order valence-electron chi connectivity index (χ1n) is 6.62. The standard InChI is InChI=1S/C16H14FN3O/c1-10(16(18)21)11-6-2-3-7-12(11)15-13-8-4-5-9-14(13)20(17)19-15/h2-10H,1H3,(H2,18,21). The molecular weight excluding hydrogens is 269 g/mol. The maximum Gasteiger partial charge on any atom is 0.224 e. The first kappa shape index (κ1) is 13.3. The summed E-state index contributed by atoms with van der Waals surface area (Å²) in [6, 6.07) is 14.3. The number of carbonyl (C=O) groups excluding carboxylic acids is 1. The van der Waals surface area contributed by atoms with Crippen LogP contribution in [0.1, 0.15) is 18.4 Å². The van der Waals surface area contributed by atoms with Gasteiger partial charge in [0.2, 0.25) is 5.91 Å². The van der Waals surface area contributed by atoms with Crippen molar-refractivity contribution in [3.63, 3.8) is 0 Å². The van der Waals surface area contributed by atoms with Gasteiger partial charge in [0.1, 0.15) is 11.2 Å². The molecule has 1 unspecified atom stereocenters. The molecule has 0 aliphatic heterocycles. The van der Waals surface area contributed by atoms with Gasteiger partial charge in [-0.05, 0) is 18.6 Å². The lowest BCUT2D eigenvalue weighted by molar-refractivity contribution is -0.119. The van der Waals surface area contributed by atoms with Crippen LogP contribution in [0.15, 0.2) is 48.5 Å². The van der Waals surface area contributed by atoms with Crippen molar-refractivity contribution in [2.75, 3.05) is 0 Å². The first-order valence-corrected chi connectivity index (χ1v) is 6.62. The molecule has 0 saturated carbocycles. The van der Waals surface area contributed by atoms with Gasteiger partial charge in [0, 0.05) is 10.9 Å². The number of hydrogen-bond acceptors (Lipinski definition) is 2. The molecule has 1 aromatic heterocycles. The molecule has 0 saturated heterocycles. The second-order valence-electron chi connectivity index (χ2n) is 4.94. The molecule has 4 nitrogen and oxygen atoms in total. The van der Waals surface area contributed by atoms with E-state index < -0.39 is 11.8 Å². The fraction of sp³-hybridized carbons (Fsp3) is 0.125. The third-order valence-electron chi connectivity index (χ3n) is 3.65. The summed E-state index contributed by atoms with van der Waals surface area (Å²) in [4.78, 5) is 11.8. The molecule has 1 heterocycles. The summed E-state index contributed by atoms with van der Waals surface area (Å²) in [5, 5.41) is 4.66. The van der Waals surface area contributed by atoms with Gasteiger partial charge in [-0.2, -0.15) is 0 Å². The Bertz CT molecular complexity index is 825. The topological polar surface area (TPSA) is 60.9 Å². The van der Waals surface area contributed by atoms with Crippen LogP contribution in [0.5, 0.6) is 0 Å². The molecule has 0 bridgehead atoms. The fourth-order valence-corrected chi connectivity index (χ4v) is 2.47.